The van der Waals surface area contributed by atoms with E-state index in [9.17, 15) is 19.1 Å². The van der Waals surface area contributed by atoms with Gasteiger partial charge in [-0.2, -0.15) is 0 Å². The van der Waals surface area contributed by atoms with Crippen LogP contribution < -0.4 is 5.32 Å². The van der Waals surface area contributed by atoms with Crippen LogP contribution in [0, 0.1) is 12.8 Å². The molecule has 188 valence electrons. The molecular weight excluding hydrogens is 465 g/mol. The van der Waals surface area contributed by atoms with E-state index in [1.807, 2.05) is 26.0 Å². The summed E-state index contributed by atoms with van der Waals surface area (Å²) in [5, 5.41) is 13.5. The van der Waals surface area contributed by atoms with Gasteiger partial charge in [-0.3, -0.25) is 14.6 Å². The van der Waals surface area contributed by atoms with Gasteiger partial charge in [-0.25, -0.2) is 14.4 Å². The van der Waals surface area contributed by atoms with E-state index in [4.69, 9.17) is 9.72 Å². The number of hydrogen-bond acceptors (Lipinski definition) is 7. The van der Waals surface area contributed by atoms with Gasteiger partial charge in [0.15, 0.2) is 0 Å². The van der Waals surface area contributed by atoms with E-state index in [1.165, 1.54) is 0 Å². The lowest BCUT2D eigenvalue weighted by Crippen LogP contribution is -2.41. The number of carbonyl (C=O) groups excluding carboxylic acids is 2. The largest absolute Gasteiger partial charge is 0.387 e. The van der Waals surface area contributed by atoms with Crippen LogP contribution in [-0.2, 0) is 9.53 Å². The smallest absolute Gasteiger partial charge is 0.273 e. The molecule has 2 amide bonds. The highest BCUT2D eigenvalue weighted by Crippen LogP contribution is 2.35. The van der Waals surface area contributed by atoms with Gasteiger partial charge < -0.3 is 20.1 Å². The molecule has 1 aliphatic heterocycles. The zero-order chi connectivity index (χ0) is 25.4. The average Bonchev–Trinajstić information content (AvgIpc) is 3.64. The van der Waals surface area contributed by atoms with Crippen molar-refractivity contribution < 1.29 is 23.8 Å². The van der Waals surface area contributed by atoms with Crippen molar-refractivity contribution in [2.75, 3.05) is 31.6 Å². The fraction of sp³-hybridized carbons (Fsp3) is 0.423. The Morgan fingerprint density at radius 3 is 2.61 bits per heavy atom. The molecule has 1 saturated carbocycles. The summed E-state index contributed by atoms with van der Waals surface area (Å²) in [5.74, 6) is -1.02. The van der Waals surface area contributed by atoms with E-state index in [-0.39, 0.29) is 23.8 Å². The molecule has 2 aliphatic rings. The van der Waals surface area contributed by atoms with Crippen molar-refractivity contribution >= 4 is 28.5 Å². The van der Waals surface area contributed by atoms with Crippen LogP contribution >= 0.6 is 0 Å². The highest BCUT2D eigenvalue weighted by molar-refractivity contribution is 6.03. The Balaban J connectivity index is 1.57. The van der Waals surface area contributed by atoms with E-state index in [2.05, 4.69) is 15.3 Å². The van der Waals surface area contributed by atoms with Gasteiger partial charge in [-0.1, -0.05) is 6.92 Å². The number of ether oxygens (including phenoxy) is 1. The molecule has 0 bridgehead atoms. The van der Waals surface area contributed by atoms with Crippen LogP contribution in [0.15, 0.2) is 30.6 Å². The number of anilines is 1. The number of nitrogens with one attached hydrogen (secondary N) is 1. The van der Waals surface area contributed by atoms with Crippen LogP contribution in [0.1, 0.15) is 47.6 Å². The van der Waals surface area contributed by atoms with Crippen molar-refractivity contribution in [1.29, 1.82) is 0 Å². The Labute approximate surface area is 207 Å². The monoisotopic (exact) mass is 493 g/mol. The third kappa shape index (κ3) is 4.78. The van der Waals surface area contributed by atoms with Gasteiger partial charge in [0.05, 0.1) is 36.4 Å². The molecule has 2 fully saturated rings. The molecule has 1 saturated heterocycles. The predicted octanol–water partition coefficient (Wildman–Crippen LogP) is 3.21. The number of carbonyl (C=O) groups is 2. The summed E-state index contributed by atoms with van der Waals surface area (Å²) in [6.45, 7) is 5.61. The van der Waals surface area contributed by atoms with Gasteiger partial charge in [0.25, 0.3) is 5.91 Å². The van der Waals surface area contributed by atoms with Gasteiger partial charge >= 0.3 is 0 Å². The molecule has 2 N–H and O–H groups in total. The molecule has 0 spiro atoms. The Bertz CT molecular complexity index is 1330. The molecule has 3 aromatic heterocycles. The third-order valence-corrected chi connectivity index (χ3v) is 6.65. The van der Waals surface area contributed by atoms with Gasteiger partial charge in [-0.05, 0) is 37.5 Å². The number of aliphatic hydroxyl groups excluding tert-OH is 1. The number of aryl methyl sites for hydroxylation is 1. The maximum absolute atomic E-state index is 13.6. The maximum atomic E-state index is 13.6. The topological polar surface area (TPSA) is 118 Å². The molecule has 0 unspecified atom stereocenters. The van der Waals surface area contributed by atoms with Crippen molar-refractivity contribution in [2.45, 2.75) is 39.0 Å². The third-order valence-electron chi connectivity index (χ3n) is 6.65. The molecule has 0 radical (unpaired) electrons. The van der Waals surface area contributed by atoms with Gasteiger partial charge in [-0.15, -0.1) is 0 Å². The highest BCUT2D eigenvalue weighted by Gasteiger charge is 2.43. The first-order valence-corrected chi connectivity index (χ1v) is 12.1. The van der Waals surface area contributed by atoms with Crippen molar-refractivity contribution in [3.05, 3.63) is 47.5 Å². The minimum atomic E-state index is -1.11. The van der Waals surface area contributed by atoms with Crippen LogP contribution in [0.2, 0.25) is 0 Å². The van der Waals surface area contributed by atoms with Crippen LogP contribution in [0.25, 0.3) is 22.0 Å². The van der Waals surface area contributed by atoms with Crippen molar-refractivity contribution in [3.8, 4) is 11.1 Å². The minimum absolute atomic E-state index is 0.223. The zero-order valence-corrected chi connectivity index (χ0v) is 20.2. The molecule has 1 aliphatic carbocycles. The number of morpholine rings is 1. The zero-order valence-electron chi connectivity index (χ0n) is 20.2. The highest BCUT2D eigenvalue weighted by atomic mass is 19.1. The molecule has 9 nitrogen and oxygen atoms in total. The normalized spacial score (nSPS) is 20.3. The fourth-order valence-corrected chi connectivity index (χ4v) is 4.33. The lowest BCUT2D eigenvalue weighted by atomic mass is 9.97. The van der Waals surface area contributed by atoms with Crippen molar-refractivity contribution in [2.24, 2.45) is 5.92 Å². The number of alkyl halides is 1. The summed E-state index contributed by atoms with van der Waals surface area (Å²) in [4.78, 5) is 40.9. The summed E-state index contributed by atoms with van der Waals surface area (Å²) in [6.07, 6.45) is 2.23. The number of nitrogens with zero attached hydrogens (tertiary/aromatic N) is 4. The fourth-order valence-electron chi connectivity index (χ4n) is 4.33. The molecule has 5 rings (SSSR count). The number of aromatic nitrogens is 3. The first kappa shape index (κ1) is 24.2. The number of fused-ring (bicyclic) bond motifs is 1. The van der Waals surface area contributed by atoms with Crippen molar-refractivity contribution in [1.82, 2.24) is 19.9 Å². The first-order valence-electron chi connectivity index (χ1n) is 12.1. The maximum Gasteiger partial charge on any atom is 0.273 e. The second-order valence-corrected chi connectivity index (χ2v) is 9.25. The molecule has 3 atom stereocenters. The number of halogens is 1. The lowest BCUT2D eigenvalue weighted by Gasteiger charge is -2.27. The van der Waals surface area contributed by atoms with Crippen LogP contribution in [0.5, 0.6) is 0 Å². The van der Waals surface area contributed by atoms with E-state index >= 15 is 0 Å². The SMILES string of the molecule is CC[C@H](O)c1cc(C)c(-c2cc3cnc(NC(=O)[C@H]4C[C@H]4F)cc3nc2C(=O)N2CCOCC2)cn1. The molecule has 4 heterocycles. The van der Waals surface area contributed by atoms with Crippen LogP contribution in [-0.4, -0.2) is 69.2 Å². The van der Waals surface area contributed by atoms with Gasteiger partial charge in [0.2, 0.25) is 5.91 Å². The average molecular weight is 494 g/mol. The first-order chi connectivity index (χ1) is 17.4. The lowest BCUT2D eigenvalue weighted by molar-refractivity contribution is -0.117. The number of hydrogen-bond donors (Lipinski definition) is 2. The van der Waals surface area contributed by atoms with E-state index in [1.54, 1.807) is 23.4 Å². The van der Waals surface area contributed by atoms with E-state index in [0.717, 1.165) is 11.1 Å². The Kier molecular flexibility index (Phi) is 6.63. The predicted molar refractivity (Wildman–Crippen MR) is 131 cm³/mol. The minimum Gasteiger partial charge on any atom is -0.387 e. The summed E-state index contributed by atoms with van der Waals surface area (Å²) < 4.78 is 18.7. The summed E-state index contributed by atoms with van der Waals surface area (Å²) >= 11 is 0. The second-order valence-electron chi connectivity index (χ2n) is 9.25. The number of amides is 2. The molecule has 10 heteroatoms. The quantitative estimate of drug-likeness (QED) is 0.541. The summed E-state index contributed by atoms with van der Waals surface area (Å²) in [5.41, 5.74) is 3.50. The van der Waals surface area contributed by atoms with Gasteiger partial charge in [0, 0.05) is 48.1 Å². The molecule has 0 aromatic carbocycles. The number of pyridine rings is 3. The molecule has 36 heavy (non-hydrogen) atoms. The summed E-state index contributed by atoms with van der Waals surface area (Å²) in [7, 11) is 0. The Morgan fingerprint density at radius 1 is 1.19 bits per heavy atom. The van der Waals surface area contributed by atoms with Crippen LogP contribution in [0.4, 0.5) is 10.2 Å². The second kappa shape index (κ2) is 9.87. The standard InChI is InChI=1S/C26H28FN5O4/c1-3-22(33)21-8-14(2)18(13-28-21)16-9-15-12-29-23(31-25(34)17-10-19(17)27)11-20(15)30-24(16)26(35)32-4-6-36-7-5-32/h8-9,11-13,17,19,22,33H,3-7,10H2,1-2H3,(H,29,31,34)/t17-,19+,22-/m0/s1. The Morgan fingerprint density at radius 2 is 1.94 bits per heavy atom. The molecular formula is C26H28FN5O4. The van der Waals surface area contributed by atoms with E-state index < -0.39 is 24.1 Å². The number of rotatable bonds is 6. The summed E-state index contributed by atoms with van der Waals surface area (Å²) in [6, 6.07) is 5.26. The number of aliphatic hydroxyl groups is 1. The Hall–Kier alpha value is -3.50. The van der Waals surface area contributed by atoms with E-state index in [0.29, 0.717) is 54.9 Å². The molecule has 3 aromatic rings. The van der Waals surface area contributed by atoms with Crippen LogP contribution in [0.3, 0.4) is 0 Å². The van der Waals surface area contributed by atoms with Crippen molar-refractivity contribution in [3.63, 3.8) is 0 Å². The van der Waals surface area contributed by atoms with Gasteiger partial charge in [0.1, 0.15) is 17.7 Å².